The highest BCUT2D eigenvalue weighted by atomic mass is 16.5. The average Bonchev–Trinajstić information content (AvgIpc) is 2.81. The lowest BCUT2D eigenvalue weighted by molar-refractivity contribution is -0.127. The number of hydrazone groups is 1. The number of carbonyl (C=O) groups excluding carboxylic acids is 1. The van der Waals surface area contributed by atoms with Crippen LogP contribution in [0.3, 0.4) is 0 Å². The first-order valence-electron chi connectivity index (χ1n) is 11.6. The molecule has 2 aromatic carbocycles. The molecule has 0 aliphatic heterocycles. The standard InChI is InChI=1S/C26H36N2O4/c1-4-6-8-18-30-23-12-10-22(11-13-23)20-27-28-26(29)21(3)32-25-16-14-24(15-17-25)31-19-9-7-5-2/h10-17,20-21H,4-9,18-19H2,1-3H3,(H,28,29)/b27-20+. The van der Waals surface area contributed by atoms with E-state index in [1.54, 1.807) is 25.3 Å². The zero-order chi connectivity index (χ0) is 23.0. The number of unbranched alkanes of at least 4 members (excludes halogenated alkanes) is 4. The van der Waals surface area contributed by atoms with Crippen LogP contribution in [0.25, 0.3) is 0 Å². The van der Waals surface area contributed by atoms with Gasteiger partial charge in [0.25, 0.3) is 5.91 Å². The summed E-state index contributed by atoms with van der Waals surface area (Å²) in [7, 11) is 0. The summed E-state index contributed by atoms with van der Waals surface area (Å²) in [6.07, 6.45) is 7.69. The largest absolute Gasteiger partial charge is 0.494 e. The Morgan fingerprint density at radius 3 is 1.88 bits per heavy atom. The van der Waals surface area contributed by atoms with Crippen LogP contribution in [0.4, 0.5) is 0 Å². The molecule has 0 radical (unpaired) electrons. The van der Waals surface area contributed by atoms with Gasteiger partial charge in [-0.15, -0.1) is 0 Å². The molecule has 0 fully saturated rings. The van der Waals surface area contributed by atoms with Crippen molar-refractivity contribution >= 4 is 12.1 Å². The van der Waals surface area contributed by atoms with Crippen molar-refractivity contribution < 1.29 is 19.0 Å². The van der Waals surface area contributed by atoms with Crippen LogP contribution in [0.2, 0.25) is 0 Å². The molecule has 2 aromatic rings. The fourth-order valence-corrected chi connectivity index (χ4v) is 2.87. The average molecular weight is 441 g/mol. The zero-order valence-corrected chi connectivity index (χ0v) is 19.5. The van der Waals surface area contributed by atoms with Gasteiger partial charge in [0.15, 0.2) is 6.10 Å². The smallest absolute Gasteiger partial charge is 0.280 e. The summed E-state index contributed by atoms with van der Waals surface area (Å²) in [5.74, 6) is 1.92. The third-order valence-electron chi connectivity index (χ3n) is 4.81. The van der Waals surface area contributed by atoms with Crippen molar-refractivity contribution in [3.05, 3.63) is 54.1 Å². The van der Waals surface area contributed by atoms with Crippen LogP contribution in [0.1, 0.15) is 64.9 Å². The summed E-state index contributed by atoms with van der Waals surface area (Å²) in [6, 6.07) is 14.9. The summed E-state index contributed by atoms with van der Waals surface area (Å²) in [5.41, 5.74) is 3.38. The lowest BCUT2D eigenvalue weighted by Gasteiger charge is -2.13. The number of carbonyl (C=O) groups is 1. The molecular formula is C26H36N2O4. The van der Waals surface area contributed by atoms with Crippen LogP contribution in [-0.2, 0) is 4.79 Å². The Hall–Kier alpha value is -3.02. The fraction of sp³-hybridized carbons (Fsp3) is 0.462. The molecule has 1 amide bonds. The number of ether oxygens (including phenoxy) is 3. The maximum atomic E-state index is 12.2. The van der Waals surface area contributed by atoms with E-state index in [4.69, 9.17) is 14.2 Å². The first kappa shape index (κ1) is 25.2. The summed E-state index contributed by atoms with van der Waals surface area (Å²) in [4.78, 5) is 12.2. The molecule has 1 unspecified atom stereocenters. The van der Waals surface area contributed by atoms with Gasteiger partial charge >= 0.3 is 0 Å². The van der Waals surface area contributed by atoms with Crippen molar-refractivity contribution in [3.63, 3.8) is 0 Å². The Labute approximate surface area is 192 Å². The molecule has 0 aliphatic rings. The van der Waals surface area contributed by atoms with E-state index in [1.165, 1.54) is 19.3 Å². The summed E-state index contributed by atoms with van der Waals surface area (Å²) in [6.45, 7) is 7.45. The quantitative estimate of drug-likeness (QED) is 0.218. The molecule has 6 heteroatoms. The van der Waals surface area contributed by atoms with E-state index < -0.39 is 6.10 Å². The van der Waals surface area contributed by atoms with Crippen LogP contribution in [0.15, 0.2) is 53.6 Å². The molecule has 1 atom stereocenters. The molecule has 1 N–H and O–H groups in total. The second-order valence-corrected chi connectivity index (χ2v) is 7.65. The van der Waals surface area contributed by atoms with Crippen molar-refractivity contribution in [2.45, 2.75) is 65.4 Å². The SMILES string of the molecule is CCCCCOc1ccc(/C=N/NC(=O)C(C)Oc2ccc(OCCCCC)cc2)cc1. The van der Waals surface area contributed by atoms with E-state index in [1.807, 2.05) is 36.4 Å². The lowest BCUT2D eigenvalue weighted by atomic mass is 10.2. The van der Waals surface area contributed by atoms with Crippen molar-refractivity contribution in [2.24, 2.45) is 5.10 Å². The molecule has 6 nitrogen and oxygen atoms in total. The van der Waals surface area contributed by atoms with Crippen molar-refractivity contribution in [3.8, 4) is 17.2 Å². The van der Waals surface area contributed by atoms with Gasteiger partial charge in [0.2, 0.25) is 0 Å². The molecule has 0 saturated carbocycles. The van der Waals surface area contributed by atoms with Crippen molar-refractivity contribution in [2.75, 3.05) is 13.2 Å². The number of benzene rings is 2. The van der Waals surface area contributed by atoms with Crippen molar-refractivity contribution in [1.29, 1.82) is 0 Å². The second-order valence-electron chi connectivity index (χ2n) is 7.65. The van der Waals surface area contributed by atoms with Crippen molar-refractivity contribution in [1.82, 2.24) is 5.43 Å². The number of amides is 1. The normalized spacial score (nSPS) is 11.8. The van der Waals surface area contributed by atoms with Gasteiger partial charge in [0.05, 0.1) is 19.4 Å². The van der Waals surface area contributed by atoms with Gasteiger partial charge in [-0.3, -0.25) is 4.79 Å². The van der Waals surface area contributed by atoms with E-state index >= 15 is 0 Å². The Morgan fingerprint density at radius 1 is 0.844 bits per heavy atom. The predicted molar refractivity (Wildman–Crippen MR) is 129 cm³/mol. The highest BCUT2D eigenvalue weighted by Crippen LogP contribution is 2.19. The fourth-order valence-electron chi connectivity index (χ4n) is 2.87. The van der Waals surface area contributed by atoms with E-state index in [-0.39, 0.29) is 5.91 Å². The number of hydrogen-bond acceptors (Lipinski definition) is 5. The van der Waals surface area contributed by atoms with Gasteiger partial charge in [-0.05, 0) is 73.9 Å². The molecule has 0 heterocycles. The van der Waals surface area contributed by atoms with E-state index in [0.717, 1.165) is 42.9 Å². The third kappa shape index (κ3) is 9.86. The van der Waals surface area contributed by atoms with Gasteiger partial charge in [0.1, 0.15) is 17.2 Å². The molecule has 0 bridgehead atoms. The molecule has 174 valence electrons. The molecule has 0 aromatic heterocycles. The topological polar surface area (TPSA) is 69.2 Å². The Morgan fingerprint density at radius 2 is 1.34 bits per heavy atom. The minimum Gasteiger partial charge on any atom is -0.494 e. The highest BCUT2D eigenvalue weighted by Gasteiger charge is 2.13. The predicted octanol–water partition coefficient (Wildman–Crippen LogP) is 5.74. The summed E-state index contributed by atoms with van der Waals surface area (Å²) < 4.78 is 17.1. The van der Waals surface area contributed by atoms with Crippen LogP contribution in [0, 0.1) is 0 Å². The van der Waals surface area contributed by atoms with Crippen LogP contribution < -0.4 is 19.6 Å². The molecule has 0 saturated heterocycles. The monoisotopic (exact) mass is 440 g/mol. The minimum absolute atomic E-state index is 0.322. The van der Waals surface area contributed by atoms with E-state index in [9.17, 15) is 4.79 Å². The third-order valence-corrected chi connectivity index (χ3v) is 4.81. The Bertz CT molecular complexity index is 804. The zero-order valence-electron chi connectivity index (χ0n) is 19.5. The Kier molecular flexibility index (Phi) is 11.7. The summed E-state index contributed by atoms with van der Waals surface area (Å²) >= 11 is 0. The minimum atomic E-state index is -0.678. The number of nitrogens with zero attached hydrogens (tertiary/aromatic N) is 1. The van der Waals surface area contributed by atoms with Crippen LogP contribution >= 0.6 is 0 Å². The van der Waals surface area contributed by atoms with Crippen LogP contribution in [0.5, 0.6) is 17.2 Å². The number of nitrogens with one attached hydrogen (secondary N) is 1. The van der Waals surface area contributed by atoms with Gasteiger partial charge in [-0.1, -0.05) is 39.5 Å². The van der Waals surface area contributed by atoms with Gasteiger partial charge in [-0.25, -0.2) is 5.43 Å². The highest BCUT2D eigenvalue weighted by molar-refractivity contribution is 5.84. The molecule has 2 rings (SSSR count). The maximum Gasteiger partial charge on any atom is 0.280 e. The molecule has 0 spiro atoms. The first-order chi connectivity index (χ1) is 15.6. The van der Waals surface area contributed by atoms with E-state index in [0.29, 0.717) is 12.4 Å². The number of rotatable bonds is 15. The molecule has 0 aliphatic carbocycles. The lowest BCUT2D eigenvalue weighted by Crippen LogP contribution is -2.33. The summed E-state index contributed by atoms with van der Waals surface area (Å²) in [5, 5.41) is 4.02. The van der Waals surface area contributed by atoms with E-state index in [2.05, 4.69) is 24.4 Å². The Balaban J connectivity index is 1.72. The van der Waals surface area contributed by atoms with Gasteiger partial charge in [0, 0.05) is 0 Å². The maximum absolute atomic E-state index is 12.2. The molecular weight excluding hydrogens is 404 g/mol. The second kappa shape index (κ2) is 14.9. The van der Waals surface area contributed by atoms with Gasteiger partial charge < -0.3 is 14.2 Å². The number of hydrogen-bond donors (Lipinski definition) is 1. The van der Waals surface area contributed by atoms with Crippen LogP contribution in [-0.4, -0.2) is 31.4 Å². The first-order valence-corrected chi connectivity index (χ1v) is 11.6. The van der Waals surface area contributed by atoms with Gasteiger partial charge in [-0.2, -0.15) is 5.10 Å². The molecule has 32 heavy (non-hydrogen) atoms.